The summed E-state index contributed by atoms with van der Waals surface area (Å²) in [6, 6.07) is 10.6. The number of aromatic nitrogens is 8. The van der Waals surface area contributed by atoms with Crippen LogP contribution < -0.4 is 0 Å². The van der Waals surface area contributed by atoms with Gasteiger partial charge in [0.05, 0.1) is 11.1 Å². The van der Waals surface area contributed by atoms with Gasteiger partial charge in [-0.3, -0.25) is 0 Å². The molecule has 0 fully saturated rings. The monoisotopic (exact) mass is 490 g/mol. The van der Waals surface area contributed by atoms with E-state index >= 15 is 0 Å². The first-order valence-corrected chi connectivity index (χ1v) is 11.3. The van der Waals surface area contributed by atoms with E-state index in [1.54, 1.807) is 0 Å². The summed E-state index contributed by atoms with van der Waals surface area (Å²) in [5.74, 6) is 1.72. The van der Waals surface area contributed by atoms with Crippen molar-refractivity contribution >= 4 is 27.1 Å². The van der Waals surface area contributed by atoms with Crippen molar-refractivity contribution < 1.29 is 0 Å². The van der Waals surface area contributed by atoms with Gasteiger partial charge in [-0.2, -0.15) is 0 Å². The molecule has 1 N–H and O–H groups in total. The van der Waals surface area contributed by atoms with Crippen molar-refractivity contribution in [3.8, 4) is 22.5 Å². The Balaban J connectivity index is 1.52. The molecule has 0 aliphatic heterocycles. The number of halogens is 1. The molecular formula is C23H23BrN8. The van der Waals surface area contributed by atoms with Crippen molar-refractivity contribution in [3.05, 3.63) is 64.3 Å². The number of hydrogen-bond donors (Lipinski definition) is 1. The third kappa shape index (κ3) is 3.52. The Bertz CT molecular complexity index is 1380. The fraction of sp³-hybridized carbons (Fsp3) is 0.261. The molecule has 0 atom stereocenters. The van der Waals surface area contributed by atoms with E-state index in [9.17, 15) is 0 Å². The van der Waals surface area contributed by atoms with Crippen LogP contribution in [0.2, 0.25) is 0 Å². The van der Waals surface area contributed by atoms with Crippen molar-refractivity contribution in [2.24, 2.45) is 7.05 Å². The zero-order valence-electron chi connectivity index (χ0n) is 18.2. The number of nitrogens with zero attached hydrogens (tertiary/aromatic N) is 7. The summed E-state index contributed by atoms with van der Waals surface area (Å²) in [6.45, 7) is 5.00. The van der Waals surface area contributed by atoms with Gasteiger partial charge >= 0.3 is 0 Å². The van der Waals surface area contributed by atoms with Crippen molar-refractivity contribution in [2.45, 2.75) is 33.2 Å². The predicted molar refractivity (Wildman–Crippen MR) is 127 cm³/mol. The molecule has 0 spiro atoms. The minimum Gasteiger partial charge on any atom is -0.344 e. The Morgan fingerprint density at radius 3 is 2.66 bits per heavy atom. The highest BCUT2D eigenvalue weighted by atomic mass is 79.9. The lowest BCUT2D eigenvalue weighted by Gasteiger charge is -2.10. The van der Waals surface area contributed by atoms with Crippen molar-refractivity contribution in [3.63, 3.8) is 0 Å². The van der Waals surface area contributed by atoms with Gasteiger partial charge in [0, 0.05) is 37.0 Å². The molecule has 5 rings (SSSR count). The zero-order chi connectivity index (χ0) is 22.2. The van der Waals surface area contributed by atoms with E-state index in [0.717, 1.165) is 63.2 Å². The summed E-state index contributed by atoms with van der Waals surface area (Å²) < 4.78 is 5.23. The second-order valence-electron chi connectivity index (χ2n) is 7.93. The van der Waals surface area contributed by atoms with E-state index in [4.69, 9.17) is 4.98 Å². The summed E-state index contributed by atoms with van der Waals surface area (Å²) >= 11 is 3.71. The zero-order valence-corrected chi connectivity index (χ0v) is 19.8. The average molecular weight is 491 g/mol. The Labute approximate surface area is 193 Å². The van der Waals surface area contributed by atoms with Crippen LogP contribution in [0.15, 0.2) is 47.3 Å². The molecule has 0 amide bonds. The first kappa shape index (κ1) is 20.6. The molecule has 162 valence electrons. The number of aromatic amines is 1. The van der Waals surface area contributed by atoms with Gasteiger partial charge < -0.3 is 9.13 Å². The van der Waals surface area contributed by atoms with E-state index < -0.39 is 0 Å². The van der Waals surface area contributed by atoms with Crippen LogP contribution in [-0.4, -0.2) is 39.7 Å². The Hall–Kier alpha value is -3.33. The molecule has 1 aromatic carbocycles. The SMILES string of the molecule is CCCc1nc2c(C)ccnc2n1Cc1ccc(-c2c(-c3nnn[nH]3)cn(C)c2Br)cc1. The van der Waals surface area contributed by atoms with Crippen LogP contribution in [-0.2, 0) is 20.0 Å². The number of hydrogen-bond acceptors (Lipinski definition) is 5. The lowest BCUT2D eigenvalue weighted by Crippen LogP contribution is -2.06. The molecular weight excluding hydrogens is 468 g/mol. The van der Waals surface area contributed by atoms with Crippen LogP contribution in [0.25, 0.3) is 33.7 Å². The van der Waals surface area contributed by atoms with Gasteiger partial charge in [0.15, 0.2) is 11.5 Å². The molecule has 5 aromatic rings. The van der Waals surface area contributed by atoms with Crippen LogP contribution in [0.5, 0.6) is 0 Å². The van der Waals surface area contributed by atoms with E-state index in [1.807, 2.05) is 30.1 Å². The first-order valence-electron chi connectivity index (χ1n) is 10.6. The fourth-order valence-electron chi connectivity index (χ4n) is 4.05. The highest BCUT2D eigenvalue weighted by Gasteiger charge is 2.18. The summed E-state index contributed by atoms with van der Waals surface area (Å²) in [6.07, 6.45) is 5.85. The summed E-state index contributed by atoms with van der Waals surface area (Å²) in [7, 11) is 1.99. The number of nitrogens with one attached hydrogen (secondary N) is 1. The lowest BCUT2D eigenvalue weighted by atomic mass is 10.0. The number of imidazole rings is 1. The minimum absolute atomic E-state index is 0.640. The number of rotatable bonds is 6. The standard InChI is InChI=1S/C23H23BrN8/c1-4-5-18-26-20-14(2)10-11-25-23(20)32(18)12-15-6-8-16(9-7-15)19-17(13-31(3)21(19)24)22-27-29-30-28-22/h6-11,13H,4-5,12H2,1-3H3,(H,27,28,29,30). The second-order valence-corrected chi connectivity index (χ2v) is 8.68. The molecule has 32 heavy (non-hydrogen) atoms. The van der Waals surface area contributed by atoms with E-state index in [1.165, 1.54) is 5.56 Å². The van der Waals surface area contributed by atoms with Crippen molar-refractivity contribution in [1.82, 2.24) is 39.7 Å². The van der Waals surface area contributed by atoms with Crippen LogP contribution >= 0.6 is 15.9 Å². The molecule has 0 radical (unpaired) electrons. The largest absolute Gasteiger partial charge is 0.344 e. The molecule has 0 aliphatic rings. The average Bonchev–Trinajstić information content (AvgIpc) is 3.50. The predicted octanol–water partition coefficient (Wildman–Crippen LogP) is 4.69. The third-order valence-corrected chi connectivity index (χ3v) is 6.64. The normalized spacial score (nSPS) is 11.5. The molecule has 0 unspecified atom stereocenters. The van der Waals surface area contributed by atoms with E-state index in [2.05, 4.69) is 84.2 Å². The highest BCUT2D eigenvalue weighted by Crippen LogP contribution is 2.37. The fourth-order valence-corrected chi connectivity index (χ4v) is 4.60. The van der Waals surface area contributed by atoms with Crippen molar-refractivity contribution in [2.75, 3.05) is 0 Å². The number of H-pyrrole nitrogens is 1. The van der Waals surface area contributed by atoms with Crippen LogP contribution in [0.3, 0.4) is 0 Å². The van der Waals surface area contributed by atoms with Gasteiger partial charge in [-0.1, -0.05) is 31.2 Å². The van der Waals surface area contributed by atoms with Gasteiger partial charge in [0.1, 0.15) is 11.3 Å². The quantitative estimate of drug-likeness (QED) is 0.372. The van der Waals surface area contributed by atoms with Crippen LogP contribution in [0.4, 0.5) is 0 Å². The third-order valence-electron chi connectivity index (χ3n) is 5.68. The number of fused-ring (bicyclic) bond motifs is 1. The molecule has 0 saturated carbocycles. The lowest BCUT2D eigenvalue weighted by molar-refractivity contribution is 0.717. The maximum Gasteiger partial charge on any atom is 0.181 e. The first-order chi connectivity index (χ1) is 15.6. The van der Waals surface area contributed by atoms with Crippen LogP contribution in [0, 0.1) is 6.92 Å². The molecule has 9 heteroatoms. The maximum atomic E-state index is 4.89. The van der Waals surface area contributed by atoms with Gasteiger partial charge in [-0.25, -0.2) is 15.1 Å². The summed E-state index contributed by atoms with van der Waals surface area (Å²) in [4.78, 5) is 9.52. The minimum atomic E-state index is 0.640. The molecule has 8 nitrogen and oxygen atoms in total. The number of tetrazole rings is 1. The van der Waals surface area contributed by atoms with Gasteiger partial charge in [-0.15, -0.1) is 5.10 Å². The molecule has 0 aliphatic carbocycles. The number of pyridine rings is 1. The van der Waals surface area contributed by atoms with Gasteiger partial charge in [0.2, 0.25) is 0 Å². The van der Waals surface area contributed by atoms with E-state index in [0.29, 0.717) is 5.82 Å². The Morgan fingerprint density at radius 1 is 1.12 bits per heavy atom. The maximum absolute atomic E-state index is 4.89. The molecule has 0 saturated heterocycles. The number of aryl methyl sites for hydroxylation is 3. The second kappa shape index (κ2) is 8.31. The topological polar surface area (TPSA) is 90.1 Å². The van der Waals surface area contributed by atoms with Crippen molar-refractivity contribution in [1.29, 1.82) is 0 Å². The molecule has 4 aromatic heterocycles. The number of benzene rings is 1. The Kier molecular flexibility index (Phi) is 5.34. The molecule has 0 bridgehead atoms. The summed E-state index contributed by atoms with van der Waals surface area (Å²) in [5, 5.41) is 14.4. The molecule has 4 heterocycles. The van der Waals surface area contributed by atoms with Crippen LogP contribution in [0.1, 0.15) is 30.3 Å². The Morgan fingerprint density at radius 2 is 1.94 bits per heavy atom. The smallest absolute Gasteiger partial charge is 0.181 e. The van der Waals surface area contributed by atoms with Gasteiger partial charge in [-0.05, 0) is 62.5 Å². The van der Waals surface area contributed by atoms with E-state index in [-0.39, 0.29) is 0 Å². The highest BCUT2D eigenvalue weighted by molar-refractivity contribution is 9.10. The summed E-state index contributed by atoms with van der Waals surface area (Å²) in [5.41, 5.74) is 7.38. The van der Waals surface area contributed by atoms with Gasteiger partial charge in [0.25, 0.3) is 0 Å².